The van der Waals surface area contributed by atoms with Crippen molar-refractivity contribution >= 4 is 29.6 Å². The first-order chi connectivity index (χ1) is 13.9. The van der Waals surface area contributed by atoms with Gasteiger partial charge in [0.1, 0.15) is 12.6 Å². The number of carbonyl (C=O) groups is 5. The van der Waals surface area contributed by atoms with Crippen molar-refractivity contribution in [3.05, 3.63) is 35.4 Å². The zero-order chi connectivity index (χ0) is 20.7. The number of ether oxygens (including phenoxy) is 1. The molecule has 0 N–H and O–H groups in total. The molecule has 0 bridgehead atoms. The summed E-state index contributed by atoms with van der Waals surface area (Å²) in [5.41, 5.74) is 0.654. The van der Waals surface area contributed by atoms with Crippen LogP contribution in [0.3, 0.4) is 0 Å². The normalized spacial score (nSPS) is 24.6. The van der Waals surface area contributed by atoms with Crippen molar-refractivity contribution < 1.29 is 28.7 Å². The smallest absolute Gasteiger partial charge is 0.329 e. The van der Waals surface area contributed by atoms with Gasteiger partial charge in [0.25, 0.3) is 11.8 Å². The molecule has 0 spiro atoms. The van der Waals surface area contributed by atoms with Gasteiger partial charge < -0.3 is 4.74 Å². The molecule has 4 rings (SSSR count). The average molecular weight is 398 g/mol. The first-order valence-corrected chi connectivity index (χ1v) is 9.90. The maximum absolute atomic E-state index is 12.6. The predicted molar refractivity (Wildman–Crippen MR) is 99.5 cm³/mol. The molecule has 1 aromatic carbocycles. The summed E-state index contributed by atoms with van der Waals surface area (Å²) in [7, 11) is 0. The van der Waals surface area contributed by atoms with E-state index in [4.69, 9.17) is 4.74 Å². The molecule has 152 valence electrons. The Morgan fingerprint density at radius 3 is 2.03 bits per heavy atom. The van der Waals surface area contributed by atoms with E-state index in [1.54, 1.807) is 24.3 Å². The number of esters is 1. The second-order valence-electron chi connectivity index (χ2n) is 7.69. The zero-order valence-electron chi connectivity index (χ0n) is 16.1. The molecule has 3 atom stereocenters. The topological polar surface area (TPSA) is 101 Å². The fourth-order valence-electron chi connectivity index (χ4n) is 4.48. The van der Waals surface area contributed by atoms with E-state index in [1.165, 1.54) is 6.92 Å². The van der Waals surface area contributed by atoms with E-state index in [-0.39, 0.29) is 36.8 Å². The third-order valence-corrected chi connectivity index (χ3v) is 6.04. The lowest BCUT2D eigenvalue weighted by Crippen LogP contribution is -2.45. The second kappa shape index (κ2) is 7.42. The number of benzene rings is 1. The summed E-state index contributed by atoms with van der Waals surface area (Å²) < 4.78 is 5.19. The van der Waals surface area contributed by atoms with Gasteiger partial charge in [-0.25, -0.2) is 4.79 Å². The molecule has 1 aromatic rings. The van der Waals surface area contributed by atoms with E-state index in [2.05, 4.69) is 0 Å². The van der Waals surface area contributed by atoms with Gasteiger partial charge in [-0.2, -0.15) is 0 Å². The number of carbonyl (C=O) groups excluding carboxylic acids is 5. The van der Waals surface area contributed by atoms with Gasteiger partial charge in [0.15, 0.2) is 0 Å². The molecule has 1 saturated carbocycles. The monoisotopic (exact) mass is 398 g/mol. The van der Waals surface area contributed by atoms with Crippen molar-refractivity contribution in [2.75, 3.05) is 13.2 Å². The number of hydrogen-bond donors (Lipinski definition) is 0. The fourth-order valence-corrected chi connectivity index (χ4v) is 4.48. The van der Waals surface area contributed by atoms with E-state index in [9.17, 15) is 24.0 Å². The minimum Gasteiger partial charge on any atom is -0.462 e. The van der Waals surface area contributed by atoms with Crippen molar-refractivity contribution in [3.8, 4) is 0 Å². The van der Waals surface area contributed by atoms with Gasteiger partial charge in [0, 0.05) is 0 Å². The molecule has 0 radical (unpaired) electrons. The Morgan fingerprint density at radius 2 is 1.52 bits per heavy atom. The molecular formula is C21H22N2O6. The Kier molecular flexibility index (Phi) is 4.94. The highest BCUT2D eigenvalue weighted by Gasteiger charge is 2.51. The molecule has 3 aliphatic rings. The van der Waals surface area contributed by atoms with Gasteiger partial charge in [0.2, 0.25) is 11.8 Å². The summed E-state index contributed by atoms with van der Waals surface area (Å²) in [6, 6.07) is 5.48. The fraction of sp³-hybridized carbons (Fsp3) is 0.476. The Labute approximate surface area is 167 Å². The Hall–Kier alpha value is -3.03. The minimum absolute atomic E-state index is 0.0854. The minimum atomic E-state index is -1.03. The van der Waals surface area contributed by atoms with Crippen molar-refractivity contribution in [1.82, 2.24) is 9.80 Å². The lowest BCUT2D eigenvalue weighted by atomic mass is 9.81. The molecule has 0 aromatic heterocycles. The van der Waals surface area contributed by atoms with Crippen LogP contribution in [0.1, 0.15) is 53.3 Å². The average Bonchev–Trinajstić information content (AvgIpc) is 3.13. The van der Waals surface area contributed by atoms with Crippen LogP contribution in [0.5, 0.6) is 0 Å². The molecule has 0 unspecified atom stereocenters. The molecular weight excluding hydrogens is 376 g/mol. The van der Waals surface area contributed by atoms with Crippen LogP contribution in [0, 0.1) is 11.8 Å². The van der Waals surface area contributed by atoms with Gasteiger partial charge in [-0.1, -0.05) is 25.0 Å². The van der Waals surface area contributed by atoms with Gasteiger partial charge in [-0.3, -0.25) is 29.0 Å². The van der Waals surface area contributed by atoms with Gasteiger partial charge in [-0.15, -0.1) is 0 Å². The van der Waals surface area contributed by atoms with Gasteiger partial charge in [0.05, 0.1) is 29.5 Å². The number of imide groups is 2. The van der Waals surface area contributed by atoms with Gasteiger partial charge >= 0.3 is 5.97 Å². The zero-order valence-corrected chi connectivity index (χ0v) is 16.1. The van der Waals surface area contributed by atoms with E-state index in [0.717, 1.165) is 22.6 Å². The first kappa shape index (κ1) is 19.3. The lowest BCUT2D eigenvalue weighted by molar-refractivity contribution is -0.158. The highest BCUT2D eigenvalue weighted by atomic mass is 16.5. The highest BCUT2D eigenvalue weighted by molar-refractivity contribution is 6.21. The molecule has 8 heteroatoms. The Morgan fingerprint density at radius 1 is 1.00 bits per heavy atom. The lowest BCUT2D eigenvalue weighted by Gasteiger charge is -2.22. The summed E-state index contributed by atoms with van der Waals surface area (Å²) in [5.74, 6) is -2.84. The Bertz CT molecular complexity index is 851. The van der Waals surface area contributed by atoms with Crippen LogP contribution < -0.4 is 0 Å². The summed E-state index contributed by atoms with van der Waals surface area (Å²) in [5, 5.41) is 0. The molecule has 1 aliphatic carbocycles. The number of hydrogen-bond acceptors (Lipinski definition) is 6. The van der Waals surface area contributed by atoms with E-state index >= 15 is 0 Å². The molecule has 2 fully saturated rings. The summed E-state index contributed by atoms with van der Waals surface area (Å²) in [6.45, 7) is 1.19. The second-order valence-corrected chi connectivity index (χ2v) is 7.69. The van der Waals surface area contributed by atoms with Crippen molar-refractivity contribution in [2.24, 2.45) is 11.8 Å². The van der Waals surface area contributed by atoms with Crippen LogP contribution in [0.25, 0.3) is 0 Å². The van der Waals surface area contributed by atoms with Crippen LogP contribution in [0.15, 0.2) is 24.3 Å². The van der Waals surface area contributed by atoms with Crippen molar-refractivity contribution in [3.63, 3.8) is 0 Å². The standard InChI is InChI=1S/C21H22N2O6/c1-12(23-19(26)15-8-4-5-9-16(15)20(23)27)21(28)29-11-10-22-17(24)13-6-2-3-7-14(13)18(22)25/h2-3,6-7,12,15-16H,4-5,8-11H2,1H3/t12-,15+,16+/m0/s1. The van der Waals surface area contributed by atoms with Crippen LogP contribution in [-0.2, 0) is 19.1 Å². The van der Waals surface area contributed by atoms with E-state index in [1.807, 2.05) is 0 Å². The predicted octanol–water partition coefficient (Wildman–Crippen LogP) is 1.39. The third-order valence-electron chi connectivity index (χ3n) is 6.04. The van der Waals surface area contributed by atoms with Crippen LogP contribution in [0.2, 0.25) is 0 Å². The third kappa shape index (κ3) is 3.12. The summed E-state index contributed by atoms with van der Waals surface area (Å²) in [4.78, 5) is 64.3. The number of nitrogens with zero attached hydrogens (tertiary/aromatic N) is 2. The van der Waals surface area contributed by atoms with Crippen molar-refractivity contribution in [1.29, 1.82) is 0 Å². The largest absolute Gasteiger partial charge is 0.462 e. The molecule has 1 saturated heterocycles. The van der Waals surface area contributed by atoms with Crippen LogP contribution in [0.4, 0.5) is 0 Å². The number of amides is 4. The molecule has 29 heavy (non-hydrogen) atoms. The van der Waals surface area contributed by atoms with Crippen LogP contribution >= 0.6 is 0 Å². The molecule has 2 heterocycles. The number of likely N-dealkylation sites (tertiary alicyclic amines) is 1. The van der Waals surface area contributed by atoms with E-state index < -0.39 is 23.8 Å². The number of fused-ring (bicyclic) bond motifs is 2. The Balaban J connectivity index is 1.35. The maximum atomic E-state index is 12.6. The summed E-state index contributed by atoms with van der Waals surface area (Å²) >= 11 is 0. The van der Waals surface area contributed by atoms with Crippen LogP contribution in [-0.4, -0.2) is 58.6 Å². The summed E-state index contributed by atoms with van der Waals surface area (Å²) in [6.07, 6.45) is 3.17. The SMILES string of the molecule is C[C@@H](C(=O)OCCN1C(=O)c2ccccc2C1=O)N1C(=O)[C@@H]2CCCC[C@H]2C1=O. The molecule has 2 aliphatic heterocycles. The first-order valence-electron chi connectivity index (χ1n) is 9.90. The number of rotatable bonds is 5. The molecule has 4 amide bonds. The maximum Gasteiger partial charge on any atom is 0.329 e. The van der Waals surface area contributed by atoms with Crippen molar-refractivity contribution in [2.45, 2.75) is 38.6 Å². The highest BCUT2D eigenvalue weighted by Crippen LogP contribution is 2.38. The van der Waals surface area contributed by atoms with Gasteiger partial charge in [-0.05, 0) is 31.9 Å². The molecule has 8 nitrogen and oxygen atoms in total. The van der Waals surface area contributed by atoms with E-state index in [0.29, 0.717) is 24.0 Å². The quantitative estimate of drug-likeness (QED) is 0.549.